The first-order valence-electron chi connectivity index (χ1n) is 12.2. The number of amides is 2. The van der Waals surface area contributed by atoms with Crippen molar-refractivity contribution in [3.05, 3.63) is 77.4 Å². The van der Waals surface area contributed by atoms with Crippen LogP contribution in [0.5, 0.6) is 0 Å². The summed E-state index contributed by atoms with van der Waals surface area (Å²) in [4.78, 5) is 19.6. The number of nitrogens with one attached hydrogen (secondary N) is 2. The van der Waals surface area contributed by atoms with Crippen LogP contribution in [-0.4, -0.2) is 53.0 Å². The van der Waals surface area contributed by atoms with E-state index in [9.17, 15) is 4.79 Å². The zero-order valence-corrected chi connectivity index (χ0v) is 20.9. The van der Waals surface area contributed by atoms with E-state index in [1.54, 1.807) is 10.7 Å². The molecule has 0 spiro atoms. The summed E-state index contributed by atoms with van der Waals surface area (Å²) in [6.07, 6.45) is 3.60. The number of hydrogen-bond donors (Lipinski definition) is 2. The minimum absolute atomic E-state index is 0.0248. The van der Waals surface area contributed by atoms with Crippen LogP contribution in [0.1, 0.15) is 31.4 Å². The van der Waals surface area contributed by atoms with E-state index in [1.165, 1.54) is 0 Å². The highest BCUT2D eigenvalue weighted by Gasteiger charge is 2.25. The molecular weight excluding hydrogens is 471 g/mol. The maximum absolute atomic E-state index is 13.0. The summed E-state index contributed by atoms with van der Waals surface area (Å²) in [6, 6.07) is 19.5. The van der Waals surface area contributed by atoms with Gasteiger partial charge in [0.2, 0.25) is 0 Å². The van der Waals surface area contributed by atoms with Crippen molar-refractivity contribution in [2.75, 3.05) is 25.0 Å². The number of nitrogens with zero attached hydrogens (tertiary/aromatic N) is 4. The fraction of sp³-hybridized carbons (Fsp3) is 0.296. The molecule has 1 saturated heterocycles. The summed E-state index contributed by atoms with van der Waals surface area (Å²) >= 11 is 6.44. The molecule has 0 saturated carbocycles. The number of urea groups is 1. The van der Waals surface area contributed by atoms with Crippen molar-refractivity contribution < 1.29 is 4.79 Å². The quantitative estimate of drug-likeness (QED) is 0.386. The van der Waals surface area contributed by atoms with Gasteiger partial charge in [-0.3, -0.25) is 0 Å². The van der Waals surface area contributed by atoms with E-state index in [1.807, 2.05) is 72.5 Å². The number of carbonyl (C=O) groups excluding carboxylic acids is 1. The number of piperidine rings is 1. The molecule has 2 N–H and O–H groups in total. The average Bonchev–Trinajstić information content (AvgIpc) is 3.28. The molecule has 2 amide bonds. The first-order valence-corrected chi connectivity index (χ1v) is 12.6. The summed E-state index contributed by atoms with van der Waals surface area (Å²) in [7, 11) is 6.14. The van der Waals surface area contributed by atoms with E-state index in [0.29, 0.717) is 35.1 Å². The molecule has 9 heteroatoms. The molecule has 0 bridgehead atoms. The SMILES string of the molecule is [B]c1cnn2c(NCC3CCCN(C(=O)N[C@@H](C)c4ccccc4)C3)cc(-c3ccccc3Cl)nc12. The molecule has 2 radical (unpaired) electrons. The van der Waals surface area contributed by atoms with Crippen LogP contribution in [0.2, 0.25) is 5.02 Å². The van der Waals surface area contributed by atoms with Gasteiger partial charge in [0.15, 0.2) is 5.65 Å². The summed E-state index contributed by atoms with van der Waals surface area (Å²) in [5.74, 6) is 1.09. The Bertz CT molecular complexity index is 1360. The van der Waals surface area contributed by atoms with Gasteiger partial charge >= 0.3 is 6.03 Å². The second-order valence-corrected chi connectivity index (χ2v) is 9.67. The Labute approximate surface area is 217 Å². The number of anilines is 1. The molecule has 7 nitrogen and oxygen atoms in total. The van der Waals surface area contributed by atoms with Crippen molar-refractivity contribution in [2.24, 2.45) is 5.92 Å². The van der Waals surface area contributed by atoms with E-state index < -0.39 is 0 Å². The third-order valence-corrected chi connectivity index (χ3v) is 7.00. The summed E-state index contributed by atoms with van der Waals surface area (Å²) < 4.78 is 1.71. The summed E-state index contributed by atoms with van der Waals surface area (Å²) in [5, 5.41) is 11.7. The smallest absolute Gasteiger partial charge is 0.317 e. The fourth-order valence-corrected chi connectivity index (χ4v) is 4.91. The number of hydrogen-bond acceptors (Lipinski definition) is 4. The predicted octanol–water partition coefficient (Wildman–Crippen LogP) is 4.44. The van der Waals surface area contributed by atoms with E-state index >= 15 is 0 Å². The highest BCUT2D eigenvalue weighted by Crippen LogP contribution is 2.28. The molecule has 4 aromatic rings. The van der Waals surface area contributed by atoms with Gasteiger partial charge in [-0.1, -0.05) is 60.1 Å². The van der Waals surface area contributed by atoms with Gasteiger partial charge in [0.05, 0.1) is 11.7 Å². The number of rotatable bonds is 6. The van der Waals surface area contributed by atoms with Gasteiger partial charge in [0.1, 0.15) is 13.7 Å². The predicted molar refractivity (Wildman–Crippen MR) is 145 cm³/mol. The Hall–Kier alpha value is -3.52. The van der Waals surface area contributed by atoms with E-state index in [-0.39, 0.29) is 12.1 Å². The van der Waals surface area contributed by atoms with Gasteiger partial charge in [0, 0.05) is 42.5 Å². The standard InChI is InChI=1S/C27H28BClN6O/c1-18(20-9-3-2-4-10-20)32-27(36)34-13-7-8-19(17-34)15-30-25-14-24(21-11-5-6-12-23(21)29)33-26-22(28)16-31-35(25)26/h2-6,9-12,14,16,18-19,30H,7-8,13,15,17H2,1H3,(H,32,36)/t18-,19?/m0/s1. The Morgan fingerprint density at radius 3 is 2.78 bits per heavy atom. The number of aromatic nitrogens is 3. The van der Waals surface area contributed by atoms with Gasteiger partial charge in [0.25, 0.3) is 0 Å². The zero-order chi connectivity index (χ0) is 25.1. The van der Waals surface area contributed by atoms with Crippen LogP contribution in [0.3, 0.4) is 0 Å². The van der Waals surface area contributed by atoms with Gasteiger partial charge in [-0.15, -0.1) is 0 Å². The molecule has 1 unspecified atom stereocenters. The molecule has 2 aromatic heterocycles. The largest absolute Gasteiger partial charge is 0.370 e. The van der Waals surface area contributed by atoms with Crippen molar-refractivity contribution in [1.82, 2.24) is 24.8 Å². The molecule has 2 atom stereocenters. The fourth-order valence-electron chi connectivity index (χ4n) is 4.68. The van der Waals surface area contributed by atoms with Crippen LogP contribution in [0.4, 0.5) is 10.6 Å². The third kappa shape index (κ3) is 5.19. The van der Waals surface area contributed by atoms with Crippen molar-refractivity contribution in [3.63, 3.8) is 0 Å². The number of likely N-dealkylation sites (tertiary alicyclic amines) is 1. The topological polar surface area (TPSA) is 74.6 Å². The zero-order valence-electron chi connectivity index (χ0n) is 20.2. The molecule has 36 heavy (non-hydrogen) atoms. The van der Waals surface area contributed by atoms with E-state index in [0.717, 1.165) is 42.0 Å². The summed E-state index contributed by atoms with van der Waals surface area (Å²) in [5.41, 5.74) is 3.73. The van der Waals surface area contributed by atoms with Crippen LogP contribution in [0.15, 0.2) is 66.9 Å². The molecule has 1 fully saturated rings. The van der Waals surface area contributed by atoms with Gasteiger partial charge in [-0.2, -0.15) is 9.61 Å². The van der Waals surface area contributed by atoms with Gasteiger partial charge in [-0.25, -0.2) is 9.78 Å². The minimum Gasteiger partial charge on any atom is -0.370 e. The third-order valence-electron chi connectivity index (χ3n) is 6.67. The van der Waals surface area contributed by atoms with Crippen molar-refractivity contribution in [3.8, 4) is 11.3 Å². The van der Waals surface area contributed by atoms with Crippen molar-refractivity contribution in [2.45, 2.75) is 25.8 Å². The lowest BCUT2D eigenvalue weighted by atomic mass is 9.98. The normalized spacial score (nSPS) is 16.6. The van der Waals surface area contributed by atoms with E-state index in [4.69, 9.17) is 24.4 Å². The van der Waals surface area contributed by atoms with E-state index in [2.05, 4.69) is 15.7 Å². The maximum Gasteiger partial charge on any atom is 0.317 e. The highest BCUT2D eigenvalue weighted by molar-refractivity contribution is 6.36. The monoisotopic (exact) mass is 498 g/mol. The number of carbonyl (C=O) groups is 1. The lowest BCUT2D eigenvalue weighted by Crippen LogP contribution is -2.47. The Kier molecular flexibility index (Phi) is 7.14. The molecule has 5 rings (SSSR count). The lowest BCUT2D eigenvalue weighted by Gasteiger charge is -2.34. The van der Waals surface area contributed by atoms with Gasteiger partial charge < -0.3 is 15.5 Å². The first kappa shape index (κ1) is 24.2. The molecule has 182 valence electrons. The molecule has 3 heterocycles. The second-order valence-electron chi connectivity index (χ2n) is 9.26. The first-order chi connectivity index (χ1) is 17.5. The van der Waals surface area contributed by atoms with Crippen LogP contribution in [-0.2, 0) is 0 Å². The van der Waals surface area contributed by atoms with Crippen molar-refractivity contribution in [1.29, 1.82) is 0 Å². The lowest BCUT2D eigenvalue weighted by molar-refractivity contribution is 0.165. The average molecular weight is 499 g/mol. The molecule has 1 aliphatic rings. The van der Waals surface area contributed by atoms with Crippen LogP contribution < -0.4 is 16.1 Å². The molecule has 2 aromatic carbocycles. The highest BCUT2D eigenvalue weighted by atomic mass is 35.5. The Balaban J connectivity index is 1.28. The molecule has 0 aliphatic carbocycles. The Morgan fingerprint density at radius 2 is 1.97 bits per heavy atom. The second kappa shape index (κ2) is 10.6. The number of halogens is 1. The number of benzene rings is 2. The maximum atomic E-state index is 13.0. The Morgan fingerprint density at radius 1 is 1.19 bits per heavy atom. The van der Waals surface area contributed by atoms with Crippen LogP contribution in [0, 0.1) is 5.92 Å². The minimum atomic E-state index is -0.0455. The van der Waals surface area contributed by atoms with Gasteiger partial charge in [-0.05, 0) is 42.8 Å². The molecular formula is C27H28BClN6O. The van der Waals surface area contributed by atoms with Crippen LogP contribution in [0.25, 0.3) is 16.9 Å². The molecule has 1 aliphatic heterocycles. The summed E-state index contributed by atoms with van der Waals surface area (Å²) in [6.45, 7) is 4.15. The van der Waals surface area contributed by atoms with Crippen molar-refractivity contribution >= 4 is 42.4 Å². The number of fused-ring (bicyclic) bond motifs is 1. The van der Waals surface area contributed by atoms with Crippen LogP contribution >= 0.6 is 11.6 Å².